The van der Waals surface area contributed by atoms with Crippen LogP contribution in [-0.4, -0.2) is 25.1 Å². The lowest BCUT2D eigenvalue weighted by atomic mass is 10.2. The van der Waals surface area contributed by atoms with Crippen molar-refractivity contribution in [1.29, 1.82) is 0 Å². The molecule has 24 heavy (non-hydrogen) atoms. The van der Waals surface area contributed by atoms with Gasteiger partial charge in [-0.15, -0.1) is 0 Å². The van der Waals surface area contributed by atoms with Crippen molar-refractivity contribution in [1.82, 2.24) is 19.1 Å². The van der Waals surface area contributed by atoms with Gasteiger partial charge in [0.2, 0.25) is 0 Å². The molecule has 0 fully saturated rings. The molecule has 0 saturated heterocycles. The van der Waals surface area contributed by atoms with E-state index in [-0.39, 0.29) is 11.7 Å². The van der Waals surface area contributed by atoms with Gasteiger partial charge in [-0.25, -0.2) is 14.8 Å². The summed E-state index contributed by atoms with van der Waals surface area (Å²) >= 11 is 0. The molecule has 3 heterocycles. The molecule has 0 saturated carbocycles. The molecule has 0 amide bonds. The van der Waals surface area contributed by atoms with Gasteiger partial charge in [0.05, 0.1) is 0 Å². The minimum absolute atomic E-state index is 0.0561. The van der Waals surface area contributed by atoms with Gasteiger partial charge in [0, 0.05) is 19.6 Å². The molecule has 0 bridgehead atoms. The number of anilines is 1. The van der Waals surface area contributed by atoms with E-state index in [1.807, 2.05) is 42.5 Å². The van der Waals surface area contributed by atoms with Gasteiger partial charge >= 0.3 is 5.69 Å². The second kappa shape index (κ2) is 5.63. The summed E-state index contributed by atoms with van der Waals surface area (Å²) in [5.74, 6) is 2.01. The highest BCUT2D eigenvalue weighted by Gasteiger charge is 2.29. The van der Waals surface area contributed by atoms with E-state index in [9.17, 15) is 4.79 Å². The van der Waals surface area contributed by atoms with Crippen LogP contribution in [0.15, 0.2) is 35.1 Å². The van der Waals surface area contributed by atoms with Crippen molar-refractivity contribution >= 4 is 18.0 Å². The van der Waals surface area contributed by atoms with Crippen LogP contribution in [0.2, 0.25) is 0 Å². The number of hydrogen-bond donors (Lipinski definition) is 1. The third kappa shape index (κ3) is 2.31. The molecule has 0 aromatic heterocycles. The van der Waals surface area contributed by atoms with Gasteiger partial charge in [0.25, 0.3) is 0 Å². The van der Waals surface area contributed by atoms with E-state index in [2.05, 4.69) is 22.2 Å². The van der Waals surface area contributed by atoms with E-state index in [0.29, 0.717) is 18.2 Å². The maximum Gasteiger partial charge on any atom is 0.331 e. The van der Waals surface area contributed by atoms with Crippen LogP contribution in [0.5, 0.6) is 0 Å². The molecule has 6 nitrogen and oxygen atoms in total. The Kier molecular flexibility index (Phi) is 3.45. The molecule has 6 heteroatoms. The van der Waals surface area contributed by atoms with E-state index in [4.69, 9.17) is 0 Å². The highest BCUT2D eigenvalue weighted by Crippen LogP contribution is 2.30. The van der Waals surface area contributed by atoms with Crippen LogP contribution in [0.3, 0.4) is 0 Å². The van der Waals surface area contributed by atoms with Gasteiger partial charge < -0.3 is 5.32 Å². The van der Waals surface area contributed by atoms with E-state index in [1.165, 1.54) is 0 Å². The summed E-state index contributed by atoms with van der Waals surface area (Å²) in [5, 5.41) is 3.41. The third-order valence-corrected chi connectivity index (χ3v) is 4.45. The van der Waals surface area contributed by atoms with Crippen LogP contribution in [-0.2, 0) is 13.6 Å². The molecule has 1 atom stereocenters. The topological polar surface area (TPSA) is 64.7 Å². The summed E-state index contributed by atoms with van der Waals surface area (Å²) in [4.78, 5) is 21.7. The van der Waals surface area contributed by atoms with Gasteiger partial charge in [-0.05, 0) is 18.1 Å². The van der Waals surface area contributed by atoms with E-state index < -0.39 is 0 Å². The summed E-state index contributed by atoms with van der Waals surface area (Å²) < 4.78 is 3.33. The van der Waals surface area contributed by atoms with Gasteiger partial charge in [0.15, 0.2) is 11.6 Å². The second-order valence-corrected chi connectivity index (χ2v) is 6.05. The Balaban J connectivity index is 1.79. The number of nitrogens with zero attached hydrogens (tertiary/aromatic N) is 4. The fraction of sp³-hybridized carbons (Fsp3) is 0.278. The normalized spacial score (nSPS) is 16.7. The highest BCUT2D eigenvalue weighted by molar-refractivity contribution is 5.74. The lowest BCUT2D eigenvalue weighted by Gasteiger charge is -2.10. The van der Waals surface area contributed by atoms with Gasteiger partial charge in [0.1, 0.15) is 11.5 Å². The molecular weight excluding hydrogens is 302 g/mol. The summed E-state index contributed by atoms with van der Waals surface area (Å²) in [6.45, 7) is 2.78. The molecule has 0 unspecified atom stereocenters. The standard InChI is InChI=1S/C18H19N5O/c1-3-13-11-23-17(19-13)15-16(22(2)18(23)24)21-14(20-15)10-9-12-7-5-4-6-8-12/h4-10,13,19H,3,11H2,1-2H3/b10-9+/t13-/m1/s1. The zero-order chi connectivity index (χ0) is 16.7. The molecule has 1 N–H and O–H groups in total. The quantitative estimate of drug-likeness (QED) is 0.805. The number of benzene rings is 1. The first-order chi connectivity index (χ1) is 11.7. The predicted octanol–water partition coefficient (Wildman–Crippen LogP) is 2.46. The van der Waals surface area contributed by atoms with Crippen molar-refractivity contribution in [2.24, 2.45) is 7.05 Å². The second-order valence-electron chi connectivity index (χ2n) is 6.05. The Morgan fingerprint density at radius 3 is 2.79 bits per heavy atom. The number of rotatable bonds is 3. The number of hydrogen-bond acceptors (Lipinski definition) is 4. The number of imidazole rings is 1. The number of aromatic nitrogens is 4. The Bertz CT molecular complexity index is 938. The molecule has 0 radical (unpaired) electrons. The minimum Gasteiger partial charge on any atom is -0.365 e. The largest absolute Gasteiger partial charge is 0.365 e. The lowest BCUT2D eigenvalue weighted by molar-refractivity contribution is 0.590. The molecule has 0 spiro atoms. The monoisotopic (exact) mass is 321 g/mol. The molecule has 122 valence electrons. The summed E-state index contributed by atoms with van der Waals surface area (Å²) in [6.07, 6.45) is 4.81. The zero-order valence-corrected chi connectivity index (χ0v) is 13.7. The fourth-order valence-corrected chi connectivity index (χ4v) is 3.05. The van der Waals surface area contributed by atoms with Crippen molar-refractivity contribution in [3.63, 3.8) is 0 Å². The van der Waals surface area contributed by atoms with Crippen molar-refractivity contribution in [2.45, 2.75) is 25.9 Å². The molecule has 1 aromatic rings. The highest BCUT2D eigenvalue weighted by atomic mass is 16.1. The van der Waals surface area contributed by atoms with Gasteiger partial charge in [-0.1, -0.05) is 43.3 Å². The van der Waals surface area contributed by atoms with Crippen molar-refractivity contribution in [3.8, 4) is 11.5 Å². The van der Waals surface area contributed by atoms with E-state index in [0.717, 1.165) is 23.5 Å². The third-order valence-electron chi connectivity index (χ3n) is 4.45. The first-order valence-corrected chi connectivity index (χ1v) is 8.14. The fourth-order valence-electron chi connectivity index (χ4n) is 3.05. The van der Waals surface area contributed by atoms with Gasteiger partial charge in [-0.3, -0.25) is 9.13 Å². The Morgan fingerprint density at radius 2 is 2.04 bits per heavy atom. The maximum atomic E-state index is 12.5. The summed E-state index contributed by atoms with van der Waals surface area (Å²) in [6, 6.07) is 10.3. The lowest BCUT2D eigenvalue weighted by Crippen LogP contribution is -2.30. The van der Waals surface area contributed by atoms with Crippen LogP contribution in [0.1, 0.15) is 24.7 Å². The smallest absolute Gasteiger partial charge is 0.331 e. The summed E-state index contributed by atoms with van der Waals surface area (Å²) in [7, 11) is 1.75. The molecule has 3 aliphatic heterocycles. The van der Waals surface area contributed by atoms with E-state index in [1.54, 1.807) is 16.2 Å². The van der Waals surface area contributed by atoms with Crippen LogP contribution in [0.4, 0.5) is 5.82 Å². The Hall–Kier alpha value is -2.89. The first kappa shape index (κ1) is 14.7. The molecule has 3 aliphatic rings. The average molecular weight is 321 g/mol. The first-order valence-electron chi connectivity index (χ1n) is 8.14. The van der Waals surface area contributed by atoms with E-state index >= 15 is 0 Å². The van der Waals surface area contributed by atoms with Gasteiger partial charge in [-0.2, -0.15) is 0 Å². The number of fused-ring (bicyclic) bond motifs is 3. The molecular formula is C18H19N5O. The Labute approximate surface area is 139 Å². The zero-order valence-electron chi connectivity index (χ0n) is 13.7. The van der Waals surface area contributed by atoms with Crippen molar-refractivity contribution in [3.05, 3.63) is 52.2 Å². The minimum atomic E-state index is -0.0561. The summed E-state index contributed by atoms with van der Waals surface area (Å²) in [5.41, 5.74) is 1.78. The van der Waals surface area contributed by atoms with Crippen molar-refractivity contribution < 1.29 is 0 Å². The van der Waals surface area contributed by atoms with Crippen LogP contribution in [0.25, 0.3) is 23.7 Å². The molecule has 4 rings (SSSR count). The van der Waals surface area contributed by atoms with Crippen LogP contribution in [0, 0.1) is 0 Å². The molecule has 0 aliphatic carbocycles. The number of nitrogens with one attached hydrogen (secondary N) is 1. The van der Waals surface area contributed by atoms with Crippen LogP contribution < -0.4 is 11.0 Å². The Morgan fingerprint density at radius 1 is 1.25 bits per heavy atom. The maximum absolute atomic E-state index is 12.5. The average Bonchev–Trinajstić information content (AvgIpc) is 3.23. The SMILES string of the molecule is CC[C@@H]1Cn2c(c3nc(/C=C/c4ccccc4)nc-3n(C)c2=O)N1. The van der Waals surface area contributed by atoms with Crippen molar-refractivity contribution in [2.75, 3.05) is 5.32 Å². The van der Waals surface area contributed by atoms with Crippen LogP contribution >= 0.6 is 0 Å². The molecule has 1 aromatic carbocycles. The predicted molar refractivity (Wildman–Crippen MR) is 95.0 cm³/mol.